The summed E-state index contributed by atoms with van der Waals surface area (Å²) >= 11 is 5.03. The maximum Gasteiger partial charge on any atom is 0.187 e. The first kappa shape index (κ1) is 17.0. The van der Waals surface area contributed by atoms with Gasteiger partial charge in [-0.15, -0.1) is 6.58 Å². The Morgan fingerprint density at radius 2 is 2.00 bits per heavy atom. The number of nitrogens with one attached hydrogen (secondary N) is 2. The Bertz CT molecular complexity index is 504. The average molecular weight is 307 g/mol. The number of hydrogen-bond donors (Lipinski definition) is 2. The van der Waals surface area contributed by atoms with Crippen molar-refractivity contribution in [3.63, 3.8) is 0 Å². The van der Waals surface area contributed by atoms with Gasteiger partial charge >= 0.3 is 0 Å². The van der Waals surface area contributed by atoms with E-state index in [1.807, 2.05) is 32.0 Å². The van der Waals surface area contributed by atoms with Crippen LogP contribution in [0.25, 0.3) is 0 Å². The first-order valence-electron chi connectivity index (χ1n) is 6.78. The number of ether oxygens (including phenoxy) is 2. The first-order chi connectivity index (χ1) is 10.2. The monoisotopic (exact) mass is 307 g/mol. The molecule has 1 rings (SSSR count). The number of thiocarbonyl (C=S) groups is 1. The zero-order valence-electron chi connectivity index (χ0n) is 12.4. The molecule has 114 valence electrons. The lowest BCUT2D eigenvalue weighted by molar-refractivity contribution is 0.288. The third-order valence-corrected chi connectivity index (χ3v) is 2.59. The van der Waals surface area contributed by atoms with Crippen molar-refractivity contribution in [1.82, 2.24) is 10.7 Å². The molecule has 0 heterocycles. The van der Waals surface area contributed by atoms with Crippen LogP contribution in [0.4, 0.5) is 0 Å². The summed E-state index contributed by atoms with van der Waals surface area (Å²) < 4.78 is 11.1. The van der Waals surface area contributed by atoms with Crippen molar-refractivity contribution in [2.45, 2.75) is 13.8 Å². The van der Waals surface area contributed by atoms with Gasteiger partial charge in [0.1, 0.15) is 0 Å². The second-order valence-electron chi connectivity index (χ2n) is 3.94. The van der Waals surface area contributed by atoms with Crippen molar-refractivity contribution < 1.29 is 9.47 Å². The Hall–Kier alpha value is -2.08. The fourth-order valence-corrected chi connectivity index (χ4v) is 1.65. The number of hydrazone groups is 1. The third kappa shape index (κ3) is 6.27. The van der Waals surface area contributed by atoms with Gasteiger partial charge < -0.3 is 14.8 Å². The Labute approximate surface area is 131 Å². The van der Waals surface area contributed by atoms with Crippen molar-refractivity contribution in [2.24, 2.45) is 5.10 Å². The predicted octanol–water partition coefficient (Wildman–Crippen LogP) is 2.47. The fourth-order valence-electron chi connectivity index (χ4n) is 1.52. The van der Waals surface area contributed by atoms with Gasteiger partial charge in [-0.2, -0.15) is 5.10 Å². The molecule has 0 amide bonds. The van der Waals surface area contributed by atoms with Gasteiger partial charge in [-0.25, -0.2) is 0 Å². The lowest BCUT2D eigenvalue weighted by Crippen LogP contribution is -2.31. The van der Waals surface area contributed by atoms with Crippen molar-refractivity contribution in [2.75, 3.05) is 19.8 Å². The molecule has 0 aliphatic rings. The van der Waals surface area contributed by atoms with Gasteiger partial charge in [0.25, 0.3) is 0 Å². The molecule has 0 saturated heterocycles. The lowest BCUT2D eigenvalue weighted by Gasteiger charge is -2.11. The van der Waals surface area contributed by atoms with Crippen LogP contribution in [-0.2, 0) is 0 Å². The second kappa shape index (κ2) is 9.77. The molecule has 0 spiro atoms. The minimum Gasteiger partial charge on any atom is -0.490 e. The number of benzene rings is 1. The zero-order valence-corrected chi connectivity index (χ0v) is 13.2. The second-order valence-corrected chi connectivity index (χ2v) is 4.35. The van der Waals surface area contributed by atoms with Gasteiger partial charge in [0.15, 0.2) is 16.6 Å². The molecule has 0 aromatic heterocycles. The summed E-state index contributed by atoms with van der Waals surface area (Å²) in [6.07, 6.45) is 3.39. The fraction of sp³-hybridized carbons (Fsp3) is 0.333. The van der Waals surface area contributed by atoms with E-state index in [-0.39, 0.29) is 0 Å². The minimum atomic E-state index is 0.446. The summed E-state index contributed by atoms with van der Waals surface area (Å²) in [5.74, 6) is 1.43. The molecule has 0 saturated carbocycles. The predicted molar refractivity (Wildman–Crippen MR) is 90.3 cm³/mol. The molecule has 21 heavy (non-hydrogen) atoms. The Morgan fingerprint density at radius 3 is 2.67 bits per heavy atom. The summed E-state index contributed by atoms with van der Waals surface area (Å²) in [6, 6.07) is 5.64. The molecule has 0 atom stereocenters. The van der Waals surface area contributed by atoms with Crippen LogP contribution in [0.2, 0.25) is 0 Å². The van der Waals surface area contributed by atoms with E-state index in [1.54, 1.807) is 12.3 Å². The molecule has 5 nitrogen and oxygen atoms in total. The van der Waals surface area contributed by atoms with Gasteiger partial charge in [-0.05, 0) is 49.8 Å². The summed E-state index contributed by atoms with van der Waals surface area (Å²) in [6.45, 7) is 9.24. The molecule has 6 heteroatoms. The smallest absolute Gasteiger partial charge is 0.187 e. The SMILES string of the molecule is C=CCNC(=S)N/N=C\c1ccc(OCC)c(OCC)c1. The van der Waals surface area contributed by atoms with Crippen molar-refractivity contribution in [3.8, 4) is 11.5 Å². The van der Waals surface area contributed by atoms with Gasteiger partial charge in [-0.3, -0.25) is 5.43 Å². The Morgan fingerprint density at radius 1 is 1.29 bits per heavy atom. The van der Waals surface area contributed by atoms with Gasteiger partial charge in [0, 0.05) is 6.54 Å². The van der Waals surface area contributed by atoms with Crippen molar-refractivity contribution in [3.05, 3.63) is 36.4 Å². The molecular formula is C15H21N3O2S. The Kier molecular flexibility index (Phi) is 7.89. The minimum absolute atomic E-state index is 0.446. The molecule has 0 radical (unpaired) electrons. The van der Waals surface area contributed by atoms with Gasteiger partial charge in [0.2, 0.25) is 0 Å². The molecule has 0 aliphatic carbocycles. The highest BCUT2D eigenvalue weighted by Crippen LogP contribution is 2.27. The summed E-state index contributed by atoms with van der Waals surface area (Å²) in [5.41, 5.74) is 3.62. The molecule has 1 aromatic rings. The van der Waals surface area contributed by atoms with E-state index in [4.69, 9.17) is 21.7 Å². The largest absolute Gasteiger partial charge is 0.490 e. The summed E-state index contributed by atoms with van der Waals surface area (Å²) in [5, 5.41) is 7.43. The van der Waals surface area contributed by atoms with E-state index in [2.05, 4.69) is 22.4 Å². The van der Waals surface area contributed by atoms with E-state index in [0.717, 1.165) is 11.3 Å². The highest BCUT2D eigenvalue weighted by Gasteiger charge is 2.04. The van der Waals surface area contributed by atoms with Crippen molar-refractivity contribution >= 4 is 23.5 Å². The van der Waals surface area contributed by atoms with E-state index in [0.29, 0.717) is 30.6 Å². The van der Waals surface area contributed by atoms with Crippen LogP contribution in [0, 0.1) is 0 Å². The van der Waals surface area contributed by atoms with Crippen LogP contribution in [0.15, 0.2) is 36.0 Å². The van der Waals surface area contributed by atoms with Crippen LogP contribution >= 0.6 is 12.2 Å². The van der Waals surface area contributed by atoms with Crippen LogP contribution in [0.3, 0.4) is 0 Å². The van der Waals surface area contributed by atoms with Gasteiger partial charge in [-0.1, -0.05) is 6.08 Å². The number of rotatable bonds is 8. The van der Waals surface area contributed by atoms with Crippen LogP contribution in [0.5, 0.6) is 11.5 Å². The van der Waals surface area contributed by atoms with Crippen LogP contribution in [0.1, 0.15) is 19.4 Å². The quantitative estimate of drug-likeness (QED) is 0.334. The molecule has 0 bridgehead atoms. The molecule has 0 fully saturated rings. The highest BCUT2D eigenvalue weighted by atomic mass is 32.1. The zero-order chi connectivity index (χ0) is 15.5. The molecular weight excluding hydrogens is 286 g/mol. The molecule has 0 aliphatic heterocycles. The van der Waals surface area contributed by atoms with Crippen LogP contribution < -0.4 is 20.2 Å². The molecule has 0 unspecified atom stereocenters. The summed E-state index contributed by atoms with van der Waals surface area (Å²) in [4.78, 5) is 0. The van der Waals surface area contributed by atoms with E-state index < -0.39 is 0 Å². The molecule has 1 aromatic carbocycles. The van der Waals surface area contributed by atoms with E-state index in [1.165, 1.54) is 0 Å². The van der Waals surface area contributed by atoms with Crippen LogP contribution in [-0.4, -0.2) is 31.1 Å². The lowest BCUT2D eigenvalue weighted by atomic mass is 10.2. The Balaban J connectivity index is 2.68. The topological polar surface area (TPSA) is 54.9 Å². The van der Waals surface area contributed by atoms with Gasteiger partial charge in [0.05, 0.1) is 19.4 Å². The maximum absolute atomic E-state index is 5.55. The third-order valence-electron chi connectivity index (χ3n) is 2.35. The maximum atomic E-state index is 5.55. The van der Waals surface area contributed by atoms with E-state index >= 15 is 0 Å². The average Bonchev–Trinajstić information content (AvgIpc) is 2.48. The number of nitrogens with zero attached hydrogens (tertiary/aromatic N) is 1. The molecule has 2 N–H and O–H groups in total. The summed E-state index contributed by atoms with van der Waals surface area (Å²) in [7, 11) is 0. The first-order valence-corrected chi connectivity index (χ1v) is 7.19. The number of hydrogen-bond acceptors (Lipinski definition) is 4. The van der Waals surface area contributed by atoms with Crippen molar-refractivity contribution in [1.29, 1.82) is 0 Å². The highest BCUT2D eigenvalue weighted by molar-refractivity contribution is 7.80. The normalized spacial score (nSPS) is 10.2. The van der Waals surface area contributed by atoms with E-state index in [9.17, 15) is 0 Å². The standard InChI is InChI=1S/C15H21N3O2S/c1-4-9-16-15(21)18-17-11-12-7-8-13(19-5-2)14(10-12)20-6-3/h4,7-8,10-11H,1,5-6,9H2,2-3H3,(H2,16,18,21)/b17-11-.